The average molecular weight is 251 g/mol. The van der Waals surface area contributed by atoms with Crippen LogP contribution in [0.2, 0.25) is 0 Å². The van der Waals surface area contributed by atoms with Crippen LogP contribution < -0.4 is 0 Å². The Morgan fingerprint density at radius 1 is 1.50 bits per heavy atom. The Hall–Kier alpha value is -1.26. The van der Waals surface area contributed by atoms with Crippen molar-refractivity contribution in [3.05, 3.63) is 35.6 Å². The number of halogens is 1. The minimum Gasteiger partial charge on any atom is -0.389 e. The number of piperidine rings is 1. The molecule has 1 aromatic rings. The molecule has 1 aliphatic heterocycles. The van der Waals surface area contributed by atoms with Crippen LogP contribution in [0.3, 0.4) is 0 Å². The topological polar surface area (TPSA) is 40.5 Å². The largest absolute Gasteiger partial charge is 0.389 e. The highest BCUT2D eigenvalue weighted by atomic mass is 19.1. The summed E-state index contributed by atoms with van der Waals surface area (Å²) in [5.41, 5.74) is -0.615. The zero-order valence-electron chi connectivity index (χ0n) is 10.5. The fraction of sp³-hybridized carbons (Fsp3) is 0.500. The Balaban J connectivity index is 2.02. The molecule has 1 atom stereocenters. The summed E-state index contributed by atoms with van der Waals surface area (Å²) in [6.45, 7) is 3.17. The van der Waals surface area contributed by atoms with E-state index in [1.54, 1.807) is 19.1 Å². The van der Waals surface area contributed by atoms with E-state index in [1.807, 2.05) is 4.90 Å². The van der Waals surface area contributed by atoms with Gasteiger partial charge in [0.05, 0.1) is 17.7 Å². The maximum atomic E-state index is 13.5. The van der Waals surface area contributed by atoms with Crippen molar-refractivity contribution in [2.24, 2.45) is 0 Å². The summed E-state index contributed by atoms with van der Waals surface area (Å²) in [7, 11) is 0. The molecule has 4 heteroatoms. The molecule has 1 aromatic carbocycles. The summed E-state index contributed by atoms with van der Waals surface area (Å²) in [6, 6.07) is 6.01. The van der Waals surface area contributed by atoms with Crippen molar-refractivity contribution in [3.8, 4) is 0 Å². The van der Waals surface area contributed by atoms with Gasteiger partial charge < -0.3 is 5.11 Å². The van der Waals surface area contributed by atoms with Gasteiger partial charge in [0.2, 0.25) is 0 Å². The maximum absolute atomic E-state index is 13.5. The van der Waals surface area contributed by atoms with Gasteiger partial charge in [0.25, 0.3) is 0 Å². The predicted octanol–water partition coefficient (Wildman–Crippen LogP) is 1.86. The van der Waals surface area contributed by atoms with Gasteiger partial charge in [-0.25, -0.2) is 4.39 Å². The van der Waals surface area contributed by atoms with Crippen LogP contribution in [0.1, 0.15) is 30.1 Å². The average Bonchev–Trinajstić information content (AvgIpc) is 2.28. The Morgan fingerprint density at radius 2 is 2.22 bits per heavy atom. The molecule has 1 heterocycles. The Morgan fingerprint density at radius 3 is 2.89 bits per heavy atom. The van der Waals surface area contributed by atoms with Crippen molar-refractivity contribution in [1.82, 2.24) is 4.90 Å². The van der Waals surface area contributed by atoms with Gasteiger partial charge in [-0.05, 0) is 38.4 Å². The van der Waals surface area contributed by atoms with E-state index in [1.165, 1.54) is 12.1 Å². The van der Waals surface area contributed by atoms with Crippen LogP contribution in [0.25, 0.3) is 0 Å². The molecule has 0 aliphatic carbocycles. The molecule has 0 saturated carbocycles. The minimum absolute atomic E-state index is 0.128. The SMILES string of the molecule is CC1(O)CCCN(CC(=O)c2ccccc2F)C1. The number of benzene rings is 1. The van der Waals surface area contributed by atoms with E-state index in [0.717, 1.165) is 19.4 Å². The predicted molar refractivity (Wildman–Crippen MR) is 67.0 cm³/mol. The van der Waals surface area contributed by atoms with E-state index in [0.29, 0.717) is 6.54 Å². The lowest BCUT2D eigenvalue weighted by atomic mass is 9.95. The summed E-state index contributed by atoms with van der Waals surface area (Å²) in [6.07, 6.45) is 1.61. The van der Waals surface area contributed by atoms with Gasteiger partial charge >= 0.3 is 0 Å². The number of nitrogens with zero attached hydrogens (tertiary/aromatic N) is 1. The number of hydrogen-bond donors (Lipinski definition) is 1. The second-order valence-electron chi connectivity index (χ2n) is 5.21. The Labute approximate surface area is 106 Å². The van der Waals surface area contributed by atoms with E-state index < -0.39 is 11.4 Å². The number of carbonyl (C=O) groups excluding carboxylic acids is 1. The number of rotatable bonds is 3. The molecular formula is C14H18FNO2. The number of hydrogen-bond acceptors (Lipinski definition) is 3. The number of likely N-dealkylation sites (tertiary alicyclic amines) is 1. The van der Waals surface area contributed by atoms with Crippen molar-refractivity contribution in [3.63, 3.8) is 0 Å². The molecule has 0 radical (unpaired) electrons. The third-order valence-corrected chi connectivity index (χ3v) is 3.30. The van der Waals surface area contributed by atoms with Crippen LogP contribution in [0, 0.1) is 5.82 Å². The van der Waals surface area contributed by atoms with Crippen molar-refractivity contribution in [1.29, 1.82) is 0 Å². The van der Waals surface area contributed by atoms with Gasteiger partial charge in [0.15, 0.2) is 5.78 Å². The van der Waals surface area contributed by atoms with Crippen molar-refractivity contribution in [2.45, 2.75) is 25.4 Å². The molecule has 1 saturated heterocycles. The number of carbonyl (C=O) groups is 1. The lowest BCUT2D eigenvalue weighted by Crippen LogP contribution is -2.47. The number of aliphatic hydroxyl groups is 1. The third kappa shape index (κ3) is 3.15. The summed E-state index contributed by atoms with van der Waals surface area (Å²) in [5.74, 6) is -0.711. The molecule has 0 spiro atoms. The van der Waals surface area contributed by atoms with Gasteiger partial charge in [-0.3, -0.25) is 9.69 Å². The van der Waals surface area contributed by atoms with Gasteiger partial charge in [-0.2, -0.15) is 0 Å². The molecule has 1 N–H and O–H groups in total. The molecule has 3 nitrogen and oxygen atoms in total. The van der Waals surface area contributed by atoms with Gasteiger partial charge in [0, 0.05) is 6.54 Å². The summed E-state index contributed by atoms with van der Waals surface area (Å²) in [5, 5.41) is 9.96. The van der Waals surface area contributed by atoms with Gasteiger partial charge in [0.1, 0.15) is 5.82 Å². The molecule has 1 fully saturated rings. The molecular weight excluding hydrogens is 233 g/mol. The van der Waals surface area contributed by atoms with Crippen LogP contribution in [0.4, 0.5) is 4.39 Å². The summed E-state index contributed by atoms with van der Waals surface area (Å²) in [4.78, 5) is 13.9. The minimum atomic E-state index is -0.742. The second-order valence-corrected chi connectivity index (χ2v) is 5.21. The molecule has 98 valence electrons. The van der Waals surface area contributed by atoms with Crippen molar-refractivity contribution < 1.29 is 14.3 Å². The van der Waals surface area contributed by atoms with Crippen LogP contribution in [0.5, 0.6) is 0 Å². The highest BCUT2D eigenvalue weighted by molar-refractivity contribution is 5.97. The molecule has 0 aromatic heterocycles. The molecule has 0 bridgehead atoms. The zero-order valence-corrected chi connectivity index (χ0v) is 10.5. The van der Waals surface area contributed by atoms with Crippen LogP contribution in [0.15, 0.2) is 24.3 Å². The molecule has 0 amide bonds. The summed E-state index contributed by atoms with van der Waals surface area (Å²) < 4.78 is 13.5. The first kappa shape index (κ1) is 13.2. The maximum Gasteiger partial charge on any atom is 0.179 e. The smallest absolute Gasteiger partial charge is 0.179 e. The van der Waals surface area contributed by atoms with Crippen molar-refractivity contribution >= 4 is 5.78 Å². The van der Waals surface area contributed by atoms with Crippen LogP contribution >= 0.6 is 0 Å². The van der Waals surface area contributed by atoms with E-state index >= 15 is 0 Å². The first-order valence-corrected chi connectivity index (χ1v) is 6.20. The van der Waals surface area contributed by atoms with E-state index in [4.69, 9.17) is 0 Å². The lowest BCUT2D eigenvalue weighted by molar-refractivity contribution is -0.0133. The molecule has 2 rings (SSSR count). The number of ketones is 1. The Kier molecular flexibility index (Phi) is 3.78. The first-order chi connectivity index (χ1) is 8.48. The fourth-order valence-corrected chi connectivity index (χ4v) is 2.43. The molecule has 1 unspecified atom stereocenters. The van der Waals surface area contributed by atoms with E-state index in [-0.39, 0.29) is 17.9 Å². The third-order valence-electron chi connectivity index (χ3n) is 3.30. The van der Waals surface area contributed by atoms with Crippen LogP contribution in [-0.4, -0.2) is 41.0 Å². The number of Topliss-reactive ketones (excluding diaryl/α,β-unsaturated/α-hetero) is 1. The standard InChI is InChI=1S/C14H18FNO2/c1-14(18)7-4-8-16(10-14)9-13(17)11-5-2-3-6-12(11)15/h2-3,5-6,18H,4,7-10H2,1H3. The monoisotopic (exact) mass is 251 g/mol. The quantitative estimate of drug-likeness (QED) is 0.834. The lowest BCUT2D eigenvalue weighted by Gasteiger charge is -2.36. The highest BCUT2D eigenvalue weighted by Crippen LogP contribution is 2.20. The second kappa shape index (κ2) is 5.16. The van der Waals surface area contributed by atoms with Gasteiger partial charge in [-0.1, -0.05) is 12.1 Å². The molecule has 1 aliphatic rings. The van der Waals surface area contributed by atoms with Crippen LogP contribution in [-0.2, 0) is 0 Å². The Bertz CT molecular complexity index is 445. The highest BCUT2D eigenvalue weighted by Gasteiger charge is 2.29. The van der Waals surface area contributed by atoms with E-state index in [2.05, 4.69) is 0 Å². The fourth-order valence-electron chi connectivity index (χ4n) is 2.43. The van der Waals surface area contributed by atoms with E-state index in [9.17, 15) is 14.3 Å². The normalized spacial score (nSPS) is 25.1. The van der Waals surface area contributed by atoms with Crippen molar-refractivity contribution in [2.75, 3.05) is 19.6 Å². The first-order valence-electron chi connectivity index (χ1n) is 6.20. The summed E-state index contributed by atoms with van der Waals surface area (Å²) >= 11 is 0. The number of β-amino-alcohol motifs (C(OH)–C–C–N with tert-alkyl or cyclic N) is 1. The zero-order chi connectivity index (χ0) is 13.2. The van der Waals surface area contributed by atoms with Gasteiger partial charge in [-0.15, -0.1) is 0 Å². The molecule has 18 heavy (non-hydrogen) atoms.